The smallest absolute Gasteiger partial charge is 0.252 e. The van der Waals surface area contributed by atoms with Gasteiger partial charge in [-0.15, -0.1) is 0 Å². The van der Waals surface area contributed by atoms with Gasteiger partial charge in [-0.05, 0) is 36.8 Å². The maximum Gasteiger partial charge on any atom is 0.252 e. The van der Waals surface area contributed by atoms with Crippen LogP contribution in [0.1, 0.15) is 35.5 Å². The fourth-order valence-electron chi connectivity index (χ4n) is 7.15. The van der Waals surface area contributed by atoms with Crippen LogP contribution in [0.4, 0.5) is 0 Å². The summed E-state index contributed by atoms with van der Waals surface area (Å²) in [6, 6.07) is 13.3. The number of phenolic OH excluding ortho intramolecular Hbond substituents is 1. The number of methoxy groups -OCH3 is 1. The molecule has 0 spiro atoms. The number of aromatic nitrogens is 2. The second kappa shape index (κ2) is 6.15. The van der Waals surface area contributed by atoms with Crippen LogP contribution in [0.25, 0.3) is 43.6 Å². The summed E-state index contributed by atoms with van der Waals surface area (Å²) in [5.74, 6) is 0.0684. The fourth-order valence-corrected chi connectivity index (χ4v) is 7.15. The normalized spacial score (nSPS) is 27.3. The predicted octanol–water partition coefficient (Wildman–Crippen LogP) is 3.80. The second-order valence-corrected chi connectivity index (χ2v) is 10.1. The molecule has 3 aromatic carbocycles. The van der Waals surface area contributed by atoms with Crippen LogP contribution in [0, 0.1) is 0 Å². The largest absolute Gasteiger partial charge is 0.508 e. The van der Waals surface area contributed by atoms with Crippen molar-refractivity contribution in [2.75, 3.05) is 7.11 Å². The van der Waals surface area contributed by atoms with Gasteiger partial charge in [-0.25, -0.2) is 0 Å². The van der Waals surface area contributed by atoms with Gasteiger partial charge in [0.2, 0.25) is 0 Å². The Labute approximate surface area is 199 Å². The summed E-state index contributed by atoms with van der Waals surface area (Å²) in [5, 5.41) is 17.3. The number of nitrogens with one attached hydrogen (secondary N) is 1. The third-order valence-corrected chi connectivity index (χ3v) is 8.34. The zero-order valence-electron chi connectivity index (χ0n) is 19.3. The van der Waals surface area contributed by atoms with Crippen molar-refractivity contribution in [1.82, 2.24) is 14.5 Å². The van der Waals surface area contributed by atoms with Crippen LogP contribution < -0.4 is 11.1 Å². The van der Waals surface area contributed by atoms with Crippen molar-refractivity contribution in [3.63, 3.8) is 0 Å². The zero-order chi connectivity index (χ0) is 23.8. The lowest BCUT2D eigenvalue weighted by atomic mass is 9.93. The second-order valence-electron chi connectivity index (χ2n) is 10.1. The molecule has 2 aromatic heterocycles. The molecule has 1 fully saturated rings. The van der Waals surface area contributed by atoms with Gasteiger partial charge in [0, 0.05) is 47.7 Å². The topological polar surface area (TPSA) is 104 Å². The molecular formula is C27H24N4O4. The maximum atomic E-state index is 13.3. The van der Waals surface area contributed by atoms with Gasteiger partial charge in [0.15, 0.2) is 5.72 Å². The molecule has 35 heavy (non-hydrogen) atoms. The molecular weight excluding hydrogens is 444 g/mol. The highest BCUT2D eigenvalue weighted by atomic mass is 16.6. The zero-order valence-corrected chi connectivity index (χ0v) is 19.3. The van der Waals surface area contributed by atoms with Crippen molar-refractivity contribution in [1.29, 1.82) is 0 Å². The molecule has 1 amide bonds. The Morgan fingerprint density at radius 1 is 1.14 bits per heavy atom. The number of phenols is 1. The van der Waals surface area contributed by atoms with Gasteiger partial charge in [-0.3, -0.25) is 4.79 Å². The van der Waals surface area contributed by atoms with E-state index in [9.17, 15) is 9.90 Å². The van der Waals surface area contributed by atoms with E-state index in [1.54, 1.807) is 19.2 Å². The third kappa shape index (κ3) is 2.09. The Morgan fingerprint density at radius 2 is 1.97 bits per heavy atom. The molecule has 2 unspecified atom stereocenters. The van der Waals surface area contributed by atoms with Crippen LogP contribution in [0.2, 0.25) is 0 Å². The van der Waals surface area contributed by atoms with E-state index in [2.05, 4.69) is 33.5 Å². The number of amides is 1. The number of ether oxygens (including phenoxy) is 2. The van der Waals surface area contributed by atoms with Crippen molar-refractivity contribution >= 4 is 49.5 Å². The Hall–Kier alpha value is -3.59. The maximum absolute atomic E-state index is 13.3. The van der Waals surface area contributed by atoms with E-state index in [0.29, 0.717) is 18.5 Å². The van der Waals surface area contributed by atoms with Crippen molar-refractivity contribution in [2.45, 2.75) is 44.0 Å². The first-order valence-electron chi connectivity index (χ1n) is 11.9. The number of hydrogen-bond acceptors (Lipinski definition) is 5. The lowest BCUT2D eigenvalue weighted by Crippen LogP contribution is -2.59. The molecule has 3 aliphatic heterocycles. The lowest BCUT2D eigenvalue weighted by molar-refractivity contribution is -0.252. The number of fused-ring (bicyclic) bond motifs is 13. The van der Waals surface area contributed by atoms with Gasteiger partial charge in [-0.1, -0.05) is 18.2 Å². The molecule has 0 aliphatic carbocycles. The SMILES string of the molecule is CO[C@@H]1[C@H](N)CC2OC1(C)n1c3ccccc3c3c4c(c5c6cc(O)ccc6n2c5c31)C(=O)NC4. The first kappa shape index (κ1) is 19.7. The molecule has 1 saturated heterocycles. The minimum absolute atomic E-state index is 0.0908. The average Bonchev–Trinajstić information content (AvgIpc) is 3.46. The molecule has 2 bridgehead atoms. The van der Waals surface area contributed by atoms with Gasteiger partial charge in [0.1, 0.15) is 18.1 Å². The first-order chi connectivity index (χ1) is 16.9. The van der Waals surface area contributed by atoms with Crippen LogP contribution in [-0.2, 0) is 21.7 Å². The van der Waals surface area contributed by atoms with Gasteiger partial charge in [-0.2, -0.15) is 0 Å². The summed E-state index contributed by atoms with van der Waals surface area (Å²) in [4.78, 5) is 13.3. The summed E-state index contributed by atoms with van der Waals surface area (Å²) in [7, 11) is 1.69. The quantitative estimate of drug-likeness (QED) is 0.347. The monoisotopic (exact) mass is 468 g/mol. The fraction of sp³-hybridized carbons (Fsp3) is 0.296. The summed E-state index contributed by atoms with van der Waals surface area (Å²) in [6.07, 6.45) is -0.183. The molecule has 0 radical (unpaired) electrons. The molecule has 8 heteroatoms. The molecule has 8 rings (SSSR count). The van der Waals surface area contributed by atoms with Gasteiger partial charge in [0.05, 0.1) is 27.6 Å². The molecule has 176 valence electrons. The number of nitrogens with two attached hydrogens (primary N) is 1. The van der Waals surface area contributed by atoms with Crippen molar-refractivity contribution in [2.24, 2.45) is 5.73 Å². The van der Waals surface area contributed by atoms with Crippen molar-refractivity contribution in [3.8, 4) is 5.75 Å². The highest BCUT2D eigenvalue weighted by molar-refractivity contribution is 6.31. The summed E-state index contributed by atoms with van der Waals surface area (Å²) < 4.78 is 17.4. The highest BCUT2D eigenvalue weighted by Crippen LogP contribution is 2.53. The molecule has 5 aromatic rings. The standard InChI is InChI=1S/C27H24N4O4/c1-27-25(34-2)16(28)10-19(35-27)30-17-8-7-12(32)9-14(17)21-22-15(11-29-26(22)33)20-13-5-3-4-6-18(13)31(27)24(20)23(21)30/h3-9,16,19,25,32H,10-11,28H2,1-2H3,(H,29,33)/t16-,19?,25-,27?/m1/s1. The Kier molecular flexibility index (Phi) is 3.46. The molecule has 5 heterocycles. The van der Waals surface area contributed by atoms with Crippen LogP contribution in [0.15, 0.2) is 42.5 Å². The Morgan fingerprint density at radius 3 is 2.80 bits per heavy atom. The molecule has 0 saturated carbocycles. The van der Waals surface area contributed by atoms with Crippen LogP contribution >= 0.6 is 0 Å². The summed E-state index contributed by atoms with van der Waals surface area (Å²) in [5.41, 5.74) is 11.4. The van der Waals surface area contributed by atoms with Crippen LogP contribution in [0.3, 0.4) is 0 Å². The van der Waals surface area contributed by atoms with E-state index < -0.39 is 5.72 Å². The minimum Gasteiger partial charge on any atom is -0.508 e. The Balaban J connectivity index is 1.74. The lowest BCUT2D eigenvalue weighted by Gasteiger charge is -2.47. The molecule has 8 nitrogen and oxygen atoms in total. The van der Waals surface area contributed by atoms with Crippen LogP contribution in [-0.4, -0.2) is 39.4 Å². The average molecular weight is 469 g/mol. The van der Waals surface area contributed by atoms with Gasteiger partial charge in [0.25, 0.3) is 5.91 Å². The first-order valence-corrected chi connectivity index (χ1v) is 11.9. The highest BCUT2D eigenvalue weighted by Gasteiger charge is 2.52. The third-order valence-electron chi connectivity index (χ3n) is 8.34. The van der Waals surface area contributed by atoms with Gasteiger partial charge < -0.3 is 34.8 Å². The van der Waals surface area contributed by atoms with E-state index >= 15 is 0 Å². The van der Waals surface area contributed by atoms with Crippen molar-refractivity contribution in [3.05, 3.63) is 53.6 Å². The number of aromatic hydroxyl groups is 1. The number of hydrogen-bond donors (Lipinski definition) is 3. The number of carbonyl (C=O) groups is 1. The summed E-state index contributed by atoms with van der Waals surface area (Å²) >= 11 is 0. The number of para-hydroxylation sites is 1. The number of benzene rings is 3. The number of carbonyl (C=O) groups excluding carboxylic acids is 1. The molecule has 4 atom stereocenters. The van der Waals surface area contributed by atoms with Crippen LogP contribution in [0.5, 0.6) is 5.75 Å². The van der Waals surface area contributed by atoms with E-state index in [-0.39, 0.29) is 30.0 Å². The van der Waals surface area contributed by atoms with E-state index in [1.165, 1.54) is 0 Å². The Bertz CT molecular complexity index is 1780. The molecule has 4 N–H and O–H groups in total. The van der Waals surface area contributed by atoms with E-state index in [0.717, 1.165) is 49.2 Å². The molecule has 3 aliphatic rings. The van der Waals surface area contributed by atoms with E-state index in [4.69, 9.17) is 15.2 Å². The predicted molar refractivity (Wildman–Crippen MR) is 132 cm³/mol. The van der Waals surface area contributed by atoms with E-state index in [1.807, 2.05) is 18.2 Å². The number of rotatable bonds is 1. The number of nitrogens with zero attached hydrogens (tertiary/aromatic N) is 2. The minimum atomic E-state index is -0.877. The van der Waals surface area contributed by atoms with Crippen molar-refractivity contribution < 1.29 is 19.4 Å². The summed E-state index contributed by atoms with van der Waals surface area (Å²) in [6.45, 7) is 2.51. The van der Waals surface area contributed by atoms with Gasteiger partial charge >= 0.3 is 0 Å².